The Morgan fingerprint density at radius 3 is 2.47 bits per heavy atom. The van der Waals surface area contributed by atoms with E-state index in [-0.39, 0.29) is 23.2 Å². The van der Waals surface area contributed by atoms with Gasteiger partial charge in [-0.15, -0.1) is 0 Å². The number of hydrogen-bond acceptors (Lipinski definition) is 6. The zero-order valence-electron chi connectivity index (χ0n) is 18.3. The van der Waals surface area contributed by atoms with Gasteiger partial charge in [0.15, 0.2) is 11.2 Å². The van der Waals surface area contributed by atoms with Crippen LogP contribution in [0.15, 0.2) is 33.5 Å². The van der Waals surface area contributed by atoms with Crippen LogP contribution in [0.3, 0.4) is 0 Å². The standard InChI is InChI=1S/C23H27ClN2O6/c1-21(2,3)32-20(30)26-23-8-6-22(7-9-23,12-18(23)28)25-19(29)17-11-15(27)14-10-13(24)4-5-16(14)31-17/h4-5,10-11,18,28H,6-9,12H2,1-3H3,(H,25,29)(H,26,30)/t18-,22?,23?/m0/s1. The molecule has 2 bridgehead atoms. The summed E-state index contributed by atoms with van der Waals surface area (Å²) in [5.41, 5.74) is -2.13. The number of ether oxygens (including phenoxy) is 1. The number of nitrogens with one attached hydrogen (secondary N) is 2. The predicted molar refractivity (Wildman–Crippen MR) is 119 cm³/mol. The van der Waals surface area contributed by atoms with E-state index < -0.39 is 34.8 Å². The second-order valence-corrected chi connectivity index (χ2v) is 10.3. The molecule has 0 spiro atoms. The van der Waals surface area contributed by atoms with Gasteiger partial charge in [0.2, 0.25) is 0 Å². The molecule has 1 heterocycles. The van der Waals surface area contributed by atoms with E-state index in [4.69, 9.17) is 20.8 Å². The Hall–Kier alpha value is -2.58. The van der Waals surface area contributed by atoms with E-state index in [0.29, 0.717) is 36.1 Å². The number of aliphatic hydroxyl groups excluding tert-OH is 1. The number of aliphatic hydroxyl groups is 1. The minimum absolute atomic E-state index is 0.0945. The van der Waals surface area contributed by atoms with E-state index in [1.54, 1.807) is 32.9 Å². The summed E-state index contributed by atoms with van der Waals surface area (Å²) in [4.78, 5) is 37.6. The molecule has 32 heavy (non-hydrogen) atoms. The van der Waals surface area contributed by atoms with Crippen LogP contribution in [0.5, 0.6) is 0 Å². The van der Waals surface area contributed by atoms with Gasteiger partial charge in [-0.1, -0.05) is 11.6 Å². The predicted octanol–water partition coefficient (Wildman–Crippen LogP) is 3.52. The van der Waals surface area contributed by atoms with E-state index in [9.17, 15) is 19.5 Å². The van der Waals surface area contributed by atoms with E-state index in [1.807, 2.05) is 0 Å². The van der Waals surface area contributed by atoms with Crippen molar-refractivity contribution in [2.45, 2.75) is 75.7 Å². The molecule has 0 radical (unpaired) electrons. The zero-order valence-corrected chi connectivity index (χ0v) is 19.0. The van der Waals surface area contributed by atoms with Crippen LogP contribution >= 0.6 is 11.6 Å². The SMILES string of the molecule is CC(C)(C)OC(=O)NC12CCC(NC(=O)c3cc(=O)c4cc(Cl)ccc4o3)(CC1)C[C@@H]2O. The maximum absolute atomic E-state index is 12.9. The van der Waals surface area contributed by atoms with Crippen LogP contribution in [0.4, 0.5) is 4.79 Å². The third-order valence-electron chi connectivity index (χ3n) is 6.36. The molecule has 8 nitrogen and oxygen atoms in total. The topological polar surface area (TPSA) is 118 Å². The van der Waals surface area contributed by atoms with Gasteiger partial charge < -0.3 is 24.9 Å². The Morgan fingerprint density at radius 1 is 1.16 bits per heavy atom. The van der Waals surface area contributed by atoms with Gasteiger partial charge in [0.05, 0.1) is 17.0 Å². The van der Waals surface area contributed by atoms with E-state index in [0.717, 1.165) is 6.07 Å². The van der Waals surface area contributed by atoms with Crippen molar-refractivity contribution in [3.05, 3.63) is 45.3 Å². The number of rotatable bonds is 3. The summed E-state index contributed by atoms with van der Waals surface area (Å²) in [6.45, 7) is 5.34. The second-order valence-electron chi connectivity index (χ2n) is 9.85. The first kappa shape index (κ1) is 22.6. The summed E-state index contributed by atoms with van der Waals surface area (Å²) in [7, 11) is 0. The van der Waals surface area contributed by atoms with Crippen LogP contribution in [-0.2, 0) is 4.74 Å². The molecule has 2 aromatic rings. The molecule has 1 aromatic heterocycles. The molecular weight excluding hydrogens is 436 g/mol. The molecular formula is C23H27ClN2O6. The minimum atomic E-state index is -0.844. The zero-order chi connectivity index (χ0) is 23.3. The van der Waals surface area contributed by atoms with Gasteiger partial charge >= 0.3 is 6.09 Å². The fourth-order valence-corrected chi connectivity index (χ4v) is 4.88. The first-order chi connectivity index (χ1) is 14.9. The van der Waals surface area contributed by atoms with E-state index >= 15 is 0 Å². The number of hydrogen-bond donors (Lipinski definition) is 3. The molecule has 3 aliphatic rings. The summed E-state index contributed by atoms with van der Waals surface area (Å²) >= 11 is 5.93. The van der Waals surface area contributed by atoms with Gasteiger partial charge in [-0.2, -0.15) is 0 Å². The Balaban J connectivity index is 1.48. The van der Waals surface area contributed by atoms with Crippen molar-refractivity contribution in [1.82, 2.24) is 10.6 Å². The molecule has 1 atom stereocenters. The van der Waals surface area contributed by atoms with Crippen molar-refractivity contribution < 1.29 is 23.8 Å². The fourth-order valence-electron chi connectivity index (χ4n) is 4.71. The van der Waals surface area contributed by atoms with Crippen molar-refractivity contribution in [3.8, 4) is 0 Å². The van der Waals surface area contributed by atoms with Crippen LogP contribution in [-0.4, -0.2) is 39.9 Å². The summed E-state index contributed by atoms with van der Waals surface area (Å²) in [5.74, 6) is -0.608. The number of carbonyl (C=O) groups excluding carboxylic acids is 2. The second kappa shape index (κ2) is 7.78. The summed E-state index contributed by atoms with van der Waals surface area (Å²) < 4.78 is 11.0. The van der Waals surface area contributed by atoms with Crippen LogP contribution < -0.4 is 16.1 Å². The lowest BCUT2D eigenvalue weighted by molar-refractivity contribution is -0.0621. The van der Waals surface area contributed by atoms with Crippen molar-refractivity contribution >= 4 is 34.6 Å². The van der Waals surface area contributed by atoms with Crippen molar-refractivity contribution in [3.63, 3.8) is 0 Å². The van der Waals surface area contributed by atoms with Crippen LogP contribution in [0.1, 0.15) is 63.4 Å². The van der Waals surface area contributed by atoms with Crippen molar-refractivity contribution in [2.75, 3.05) is 0 Å². The average Bonchev–Trinajstić information content (AvgIpc) is 2.68. The monoisotopic (exact) mass is 462 g/mol. The van der Waals surface area contributed by atoms with E-state index in [2.05, 4.69) is 10.6 Å². The third-order valence-corrected chi connectivity index (χ3v) is 6.60. The number of amides is 2. The maximum atomic E-state index is 12.9. The highest BCUT2D eigenvalue weighted by molar-refractivity contribution is 6.31. The van der Waals surface area contributed by atoms with Crippen molar-refractivity contribution in [1.29, 1.82) is 0 Å². The highest BCUT2D eigenvalue weighted by Crippen LogP contribution is 2.47. The van der Waals surface area contributed by atoms with Gasteiger partial charge in [-0.05, 0) is 71.1 Å². The number of benzene rings is 1. The minimum Gasteiger partial charge on any atom is -0.451 e. The molecule has 1 aromatic carbocycles. The van der Waals surface area contributed by atoms with Gasteiger partial charge in [0.1, 0.15) is 11.2 Å². The molecule has 3 saturated carbocycles. The van der Waals surface area contributed by atoms with Gasteiger partial charge in [0, 0.05) is 16.6 Å². The van der Waals surface area contributed by atoms with Crippen LogP contribution in [0.2, 0.25) is 5.02 Å². The maximum Gasteiger partial charge on any atom is 0.408 e. The molecule has 0 saturated heterocycles. The summed E-state index contributed by atoms with van der Waals surface area (Å²) in [6.07, 6.45) is 0.999. The molecule has 172 valence electrons. The lowest BCUT2D eigenvalue weighted by Crippen LogP contribution is -2.70. The Bertz CT molecular complexity index is 1130. The van der Waals surface area contributed by atoms with E-state index in [1.165, 1.54) is 6.07 Å². The van der Waals surface area contributed by atoms with Crippen molar-refractivity contribution in [2.24, 2.45) is 0 Å². The summed E-state index contributed by atoms with van der Waals surface area (Å²) in [6, 6.07) is 5.79. The smallest absolute Gasteiger partial charge is 0.408 e. The third kappa shape index (κ3) is 4.34. The number of carbonyl (C=O) groups is 2. The molecule has 5 rings (SSSR count). The fraction of sp³-hybridized carbons (Fsp3) is 0.522. The Labute approximate surface area is 190 Å². The highest BCUT2D eigenvalue weighted by atomic mass is 35.5. The van der Waals surface area contributed by atoms with Gasteiger partial charge in [-0.25, -0.2) is 4.79 Å². The average molecular weight is 463 g/mol. The highest BCUT2D eigenvalue weighted by Gasteiger charge is 2.55. The molecule has 3 aliphatic carbocycles. The molecule has 3 fully saturated rings. The quantitative estimate of drug-likeness (QED) is 0.642. The Morgan fingerprint density at radius 2 is 1.84 bits per heavy atom. The lowest BCUT2D eigenvalue weighted by atomic mass is 9.60. The van der Waals surface area contributed by atoms with Crippen LogP contribution in [0, 0.1) is 0 Å². The van der Waals surface area contributed by atoms with Crippen LogP contribution in [0.25, 0.3) is 11.0 Å². The molecule has 0 aliphatic heterocycles. The molecule has 0 unspecified atom stereocenters. The molecule has 9 heteroatoms. The van der Waals surface area contributed by atoms with Gasteiger partial charge in [0.25, 0.3) is 5.91 Å². The Kier molecular flexibility index (Phi) is 5.49. The first-order valence-corrected chi connectivity index (χ1v) is 11.0. The summed E-state index contributed by atoms with van der Waals surface area (Å²) in [5, 5.41) is 17.4. The van der Waals surface area contributed by atoms with Gasteiger partial charge in [-0.3, -0.25) is 9.59 Å². The molecule has 3 N–H and O–H groups in total. The lowest BCUT2D eigenvalue weighted by Gasteiger charge is -2.56. The molecule has 2 amide bonds. The first-order valence-electron chi connectivity index (χ1n) is 10.7. The number of halogens is 1. The number of fused-ring (bicyclic) bond motifs is 4. The number of alkyl carbamates (subject to hydrolysis) is 1. The largest absolute Gasteiger partial charge is 0.451 e. The normalized spacial score (nSPS) is 27.2.